The summed E-state index contributed by atoms with van der Waals surface area (Å²) in [5.41, 5.74) is 0. The fourth-order valence-electron chi connectivity index (χ4n) is 0.187. The summed E-state index contributed by atoms with van der Waals surface area (Å²) < 4.78 is 6.73. The van der Waals surface area contributed by atoms with Gasteiger partial charge in [0.15, 0.2) is 0 Å². The Labute approximate surface area is 45.1 Å². The minimum atomic E-state index is 1.02. The Kier molecular flexibility index (Phi) is 1.71. The summed E-state index contributed by atoms with van der Waals surface area (Å²) in [6.45, 7) is 0. The van der Waals surface area contributed by atoms with Crippen LogP contribution in [0.4, 0.5) is 0 Å². The first kappa shape index (κ1) is 4.33. The third-order valence-corrected chi connectivity index (χ3v) is 1.79. The molecule has 0 bridgehead atoms. The minimum Gasteiger partial charge on any atom is -0.319 e. The van der Waals surface area contributed by atoms with E-state index >= 15 is 0 Å². The van der Waals surface area contributed by atoms with Crippen LogP contribution in [0.15, 0.2) is 4.40 Å². The summed E-state index contributed by atoms with van der Waals surface area (Å²) >= 11 is 3.22. The molecule has 0 aromatic rings. The highest BCUT2D eigenvalue weighted by atomic mass is 32.2. The first-order valence-electron chi connectivity index (χ1n) is 1.51. The summed E-state index contributed by atoms with van der Waals surface area (Å²) in [5, 5.41) is 1.02. The minimum absolute atomic E-state index is 1.02. The highest BCUT2D eigenvalue weighted by Crippen LogP contribution is 2.11. The molecule has 0 fully saturated rings. The maximum Gasteiger partial charge on any atom is 0.106 e. The molecule has 0 unspecified atom stereocenters. The van der Waals surface area contributed by atoms with E-state index in [1.165, 1.54) is 0 Å². The number of nitrogens with zero attached hydrogens (tertiary/aromatic N) is 1. The zero-order valence-corrected chi connectivity index (χ0v) is 4.68. The van der Waals surface area contributed by atoms with Crippen LogP contribution in [0.25, 0.3) is 0 Å². The molecule has 1 aliphatic heterocycles. The van der Waals surface area contributed by atoms with Crippen molar-refractivity contribution in [1.29, 1.82) is 0 Å². The first-order valence-corrected chi connectivity index (χ1v) is 3.44. The normalized spacial score (nSPS) is 20.0. The average molecular weight is 120 g/mol. The lowest BCUT2D eigenvalue weighted by molar-refractivity contribution is 1.57. The second kappa shape index (κ2) is 2.36. The molecule has 4 heteroatoms. The van der Waals surface area contributed by atoms with Crippen molar-refractivity contribution in [1.82, 2.24) is 4.72 Å². The molecule has 0 saturated heterocycles. The highest BCUT2D eigenvalue weighted by Gasteiger charge is 1.87. The molecule has 0 saturated carbocycles. The highest BCUT2D eigenvalue weighted by molar-refractivity contribution is 8.15. The van der Waals surface area contributed by atoms with E-state index < -0.39 is 0 Å². The van der Waals surface area contributed by atoms with Crippen molar-refractivity contribution in [2.24, 2.45) is 4.40 Å². The van der Waals surface area contributed by atoms with Gasteiger partial charge in [-0.2, -0.15) is 0 Å². The summed E-state index contributed by atoms with van der Waals surface area (Å²) in [6, 6.07) is 0. The number of hydrogen-bond acceptors (Lipinski definition) is 4. The molecule has 1 heterocycles. The van der Waals surface area contributed by atoms with Crippen molar-refractivity contribution < 1.29 is 0 Å². The van der Waals surface area contributed by atoms with Gasteiger partial charge in [0, 0.05) is 0 Å². The third kappa shape index (κ3) is 1.10. The maximum absolute atomic E-state index is 3.84. The van der Waals surface area contributed by atoms with Crippen LogP contribution in [-0.2, 0) is 0 Å². The molecule has 6 heavy (non-hydrogen) atoms. The van der Waals surface area contributed by atoms with Crippen molar-refractivity contribution in [3.8, 4) is 0 Å². The second-order valence-electron chi connectivity index (χ2n) is 0.744. The van der Waals surface area contributed by atoms with Gasteiger partial charge in [0.1, 0.15) is 6.34 Å². The van der Waals surface area contributed by atoms with Crippen LogP contribution in [0.3, 0.4) is 0 Å². The lowest BCUT2D eigenvalue weighted by Crippen LogP contribution is -2.01. The maximum atomic E-state index is 3.84. The predicted octanol–water partition coefficient (Wildman–Crippen LogP) is 0.872. The van der Waals surface area contributed by atoms with Crippen molar-refractivity contribution in [3.63, 3.8) is 0 Å². The molecule has 0 spiro atoms. The van der Waals surface area contributed by atoms with Gasteiger partial charge in [-0.15, -0.1) is 0 Å². The van der Waals surface area contributed by atoms with Crippen LogP contribution in [0.5, 0.6) is 0 Å². The average Bonchev–Trinajstić information content (AvgIpc) is 1.72. The first-order chi connectivity index (χ1) is 3.00. The van der Waals surface area contributed by atoms with Gasteiger partial charge in [-0.25, -0.2) is 4.40 Å². The van der Waals surface area contributed by atoms with Crippen LogP contribution >= 0.6 is 23.9 Å². The van der Waals surface area contributed by atoms with Crippen LogP contribution < -0.4 is 4.72 Å². The Morgan fingerprint density at radius 3 is 3.00 bits per heavy atom. The van der Waals surface area contributed by atoms with Gasteiger partial charge >= 0.3 is 0 Å². The van der Waals surface area contributed by atoms with Gasteiger partial charge in [0.05, 0.1) is 5.08 Å². The van der Waals surface area contributed by atoms with E-state index in [0.29, 0.717) is 0 Å². The van der Waals surface area contributed by atoms with E-state index in [0.717, 1.165) is 5.08 Å². The van der Waals surface area contributed by atoms with Crippen LogP contribution in [0.2, 0.25) is 0 Å². The summed E-state index contributed by atoms with van der Waals surface area (Å²) in [5.74, 6) is 0. The van der Waals surface area contributed by atoms with Gasteiger partial charge in [-0.3, -0.25) is 0 Å². The zero-order chi connectivity index (χ0) is 4.24. The molecule has 0 aromatic heterocycles. The largest absolute Gasteiger partial charge is 0.319 e. The Balaban J connectivity index is 2.26. The summed E-state index contributed by atoms with van der Waals surface area (Å²) in [7, 11) is 0. The number of nitrogens with one attached hydrogen (secondary N) is 1. The van der Waals surface area contributed by atoms with Crippen molar-refractivity contribution >= 4 is 30.2 Å². The SMILES string of the molecule is C1=NSCSN1. The summed E-state index contributed by atoms with van der Waals surface area (Å²) in [6.07, 6.45) is 1.69. The lowest BCUT2D eigenvalue weighted by Gasteiger charge is -1.99. The van der Waals surface area contributed by atoms with Crippen molar-refractivity contribution in [2.75, 3.05) is 5.08 Å². The van der Waals surface area contributed by atoms with Gasteiger partial charge in [0.2, 0.25) is 0 Å². The molecule has 0 aromatic carbocycles. The molecule has 1 N–H and O–H groups in total. The van der Waals surface area contributed by atoms with Gasteiger partial charge in [-0.05, 0) is 23.9 Å². The number of rotatable bonds is 0. The molecule has 34 valence electrons. The monoisotopic (exact) mass is 120 g/mol. The lowest BCUT2D eigenvalue weighted by atomic mass is 11.4. The van der Waals surface area contributed by atoms with E-state index in [4.69, 9.17) is 0 Å². The molecule has 0 radical (unpaired) electrons. The molecule has 1 aliphatic rings. The van der Waals surface area contributed by atoms with Crippen LogP contribution in [0.1, 0.15) is 0 Å². The third-order valence-electron chi connectivity index (χ3n) is 0.375. The second-order valence-corrected chi connectivity index (χ2v) is 2.68. The fraction of sp³-hybridized carbons (Fsp3) is 0.500. The Bertz CT molecular complexity index is 54.6. The van der Waals surface area contributed by atoms with Crippen LogP contribution in [0, 0.1) is 0 Å². The zero-order valence-electron chi connectivity index (χ0n) is 3.05. The molecule has 0 atom stereocenters. The topological polar surface area (TPSA) is 24.4 Å². The van der Waals surface area contributed by atoms with E-state index in [1.807, 2.05) is 0 Å². The molecule has 0 aliphatic carbocycles. The predicted molar refractivity (Wildman–Crippen MR) is 31.7 cm³/mol. The van der Waals surface area contributed by atoms with E-state index in [9.17, 15) is 0 Å². The van der Waals surface area contributed by atoms with E-state index in [2.05, 4.69) is 9.12 Å². The number of hydrogen-bond donors (Lipinski definition) is 1. The molecule has 2 nitrogen and oxygen atoms in total. The smallest absolute Gasteiger partial charge is 0.106 e. The van der Waals surface area contributed by atoms with E-state index in [-0.39, 0.29) is 0 Å². The van der Waals surface area contributed by atoms with Crippen molar-refractivity contribution in [2.45, 2.75) is 0 Å². The summed E-state index contributed by atoms with van der Waals surface area (Å²) in [4.78, 5) is 0. The van der Waals surface area contributed by atoms with Crippen molar-refractivity contribution in [3.05, 3.63) is 0 Å². The van der Waals surface area contributed by atoms with Gasteiger partial charge in [-0.1, -0.05) is 0 Å². The standard InChI is InChI=1S/C2H4N2S2/c1-3-5-2-6-4-1/h1H,2H2,(H,3,4). The molecular formula is C2H4N2S2. The Morgan fingerprint density at radius 2 is 2.83 bits per heavy atom. The molecular weight excluding hydrogens is 116 g/mol. The quantitative estimate of drug-likeness (QED) is 0.480. The van der Waals surface area contributed by atoms with Gasteiger partial charge in [0.25, 0.3) is 0 Å². The van der Waals surface area contributed by atoms with Gasteiger partial charge < -0.3 is 4.72 Å². The molecule has 1 rings (SSSR count). The fourth-order valence-corrected chi connectivity index (χ4v) is 1.23. The van der Waals surface area contributed by atoms with E-state index in [1.54, 1.807) is 30.2 Å². The molecule has 0 amide bonds. The van der Waals surface area contributed by atoms with Crippen LogP contribution in [-0.4, -0.2) is 11.4 Å². The Hall–Kier alpha value is 0.170. The Morgan fingerprint density at radius 1 is 1.83 bits per heavy atom.